The van der Waals surface area contributed by atoms with Gasteiger partial charge in [-0.1, -0.05) is 12.1 Å². The molecule has 0 spiro atoms. The van der Waals surface area contributed by atoms with Crippen molar-refractivity contribution in [2.75, 3.05) is 12.1 Å². The Hall–Kier alpha value is -3.32. The Morgan fingerprint density at radius 1 is 1.07 bits per heavy atom. The van der Waals surface area contributed by atoms with E-state index in [1.807, 2.05) is 54.9 Å². The maximum absolute atomic E-state index is 12.6. The van der Waals surface area contributed by atoms with Crippen molar-refractivity contribution in [1.82, 2.24) is 9.78 Å². The summed E-state index contributed by atoms with van der Waals surface area (Å²) in [4.78, 5) is 12.6. The summed E-state index contributed by atoms with van der Waals surface area (Å²) in [7, 11) is 0. The van der Waals surface area contributed by atoms with E-state index in [2.05, 4.69) is 10.4 Å². The van der Waals surface area contributed by atoms with E-state index in [4.69, 9.17) is 14.2 Å². The van der Waals surface area contributed by atoms with Gasteiger partial charge in [0, 0.05) is 5.69 Å². The fraction of sp³-hybridized carbons (Fsp3) is 0.273. The standard InChI is InChI=1S/C22H21N3O4/c1-13-3-5-16(7-14(13)2)23-22(26)18-9-17-11-27-21(10-25(17)24-18)15-4-6-19-20(8-15)29-12-28-19/h3-9,21H,10-12H2,1-2H3,(H,23,26)/t21-/m0/s1. The van der Waals surface area contributed by atoms with Gasteiger partial charge in [-0.05, 0) is 60.9 Å². The van der Waals surface area contributed by atoms with Crippen LogP contribution in [0.2, 0.25) is 0 Å². The molecule has 1 atom stereocenters. The number of carbonyl (C=O) groups is 1. The molecule has 2 aliphatic heterocycles. The van der Waals surface area contributed by atoms with Crippen LogP contribution in [0.5, 0.6) is 11.5 Å². The number of fused-ring (bicyclic) bond motifs is 2. The van der Waals surface area contributed by atoms with Gasteiger partial charge in [0.1, 0.15) is 6.10 Å². The first-order valence-corrected chi connectivity index (χ1v) is 9.53. The summed E-state index contributed by atoms with van der Waals surface area (Å²) in [5, 5.41) is 7.42. The van der Waals surface area contributed by atoms with E-state index in [-0.39, 0.29) is 18.8 Å². The lowest BCUT2D eigenvalue weighted by Gasteiger charge is -2.24. The Labute approximate surface area is 168 Å². The van der Waals surface area contributed by atoms with E-state index in [9.17, 15) is 4.79 Å². The summed E-state index contributed by atoms with van der Waals surface area (Å²) >= 11 is 0. The van der Waals surface area contributed by atoms with Gasteiger partial charge < -0.3 is 19.5 Å². The Morgan fingerprint density at radius 2 is 1.93 bits per heavy atom. The predicted octanol–water partition coefficient (Wildman–Crippen LogP) is 3.75. The first-order chi connectivity index (χ1) is 14.1. The molecule has 0 saturated carbocycles. The van der Waals surface area contributed by atoms with Gasteiger partial charge in [0.2, 0.25) is 6.79 Å². The van der Waals surface area contributed by atoms with Gasteiger partial charge in [-0.15, -0.1) is 0 Å². The van der Waals surface area contributed by atoms with Crippen LogP contribution in [0.15, 0.2) is 42.5 Å². The van der Waals surface area contributed by atoms with Gasteiger partial charge in [0.25, 0.3) is 5.91 Å². The van der Waals surface area contributed by atoms with Crippen molar-refractivity contribution >= 4 is 11.6 Å². The summed E-state index contributed by atoms with van der Waals surface area (Å²) in [5.74, 6) is 1.25. The second kappa shape index (κ2) is 6.93. The van der Waals surface area contributed by atoms with Gasteiger partial charge in [0.15, 0.2) is 17.2 Å². The molecule has 2 aliphatic rings. The van der Waals surface area contributed by atoms with Gasteiger partial charge in [-0.3, -0.25) is 9.48 Å². The lowest BCUT2D eigenvalue weighted by atomic mass is 10.1. The molecular weight excluding hydrogens is 370 g/mol. The third kappa shape index (κ3) is 3.34. The molecule has 5 rings (SSSR count). The lowest BCUT2D eigenvalue weighted by molar-refractivity contribution is -0.00127. The smallest absolute Gasteiger partial charge is 0.276 e. The highest BCUT2D eigenvalue weighted by atomic mass is 16.7. The predicted molar refractivity (Wildman–Crippen MR) is 106 cm³/mol. The molecule has 148 valence electrons. The van der Waals surface area contributed by atoms with E-state index in [1.165, 1.54) is 5.56 Å². The number of amides is 1. The molecule has 3 aromatic rings. The molecule has 0 aliphatic carbocycles. The zero-order valence-corrected chi connectivity index (χ0v) is 16.3. The molecule has 0 radical (unpaired) electrons. The third-order valence-electron chi connectivity index (χ3n) is 5.40. The zero-order chi connectivity index (χ0) is 20.0. The van der Waals surface area contributed by atoms with Crippen molar-refractivity contribution in [1.29, 1.82) is 0 Å². The summed E-state index contributed by atoms with van der Waals surface area (Å²) in [6.07, 6.45) is -0.160. The highest BCUT2D eigenvalue weighted by molar-refractivity contribution is 6.03. The molecule has 29 heavy (non-hydrogen) atoms. The number of benzene rings is 2. The monoisotopic (exact) mass is 391 g/mol. The average Bonchev–Trinajstić information content (AvgIpc) is 3.36. The van der Waals surface area contributed by atoms with Gasteiger partial charge in [-0.25, -0.2) is 0 Å². The quantitative estimate of drug-likeness (QED) is 0.736. The van der Waals surface area contributed by atoms with Crippen molar-refractivity contribution in [3.8, 4) is 11.5 Å². The SMILES string of the molecule is Cc1ccc(NC(=O)c2cc3n(n2)C[C@@H](c2ccc4c(c2)OCO4)OC3)cc1C. The summed E-state index contributed by atoms with van der Waals surface area (Å²) in [6, 6.07) is 13.4. The van der Waals surface area contributed by atoms with Crippen LogP contribution in [-0.2, 0) is 17.9 Å². The fourth-order valence-electron chi connectivity index (χ4n) is 3.57. The Morgan fingerprint density at radius 3 is 2.79 bits per heavy atom. The Bertz CT molecular complexity index is 1110. The minimum absolute atomic E-state index is 0.160. The molecule has 7 nitrogen and oxygen atoms in total. The Kier molecular flexibility index (Phi) is 4.24. The highest BCUT2D eigenvalue weighted by Crippen LogP contribution is 2.36. The molecule has 7 heteroatoms. The van der Waals surface area contributed by atoms with E-state index in [0.717, 1.165) is 34.0 Å². The van der Waals surface area contributed by atoms with Crippen molar-refractivity contribution in [2.45, 2.75) is 33.1 Å². The molecule has 0 bridgehead atoms. The molecule has 0 fully saturated rings. The van der Waals surface area contributed by atoms with Gasteiger partial charge in [0.05, 0.1) is 18.8 Å². The largest absolute Gasteiger partial charge is 0.454 e. The average molecular weight is 391 g/mol. The second-order valence-electron chi connectivity index (χ2n) is 7.37. The number of ether oxygens (including phenoxy) is 3. The number of nitrogens with one attached hydrogen (secondary N) is 1. The van der Waals surface area contributed by atoms with Crippen LogP contribution in [0.3, 0.4) is 0 Å². The number of nitrogens with zero attached hydrogens (tertiary/aromatic N) is 2. The number of carbonyl (C=O) groups excluding carboxylic acids is 1. The molecule has 1 amide bonds. The lowest BCUT2D eigenvalue weighted by Crippen LogP contribution is -2.22. The van der Waals surface area contributed by atoms with Crippen LogP contribution >= 0.6 is 0 Å². The second-order valence-corrected chi connectivity index (χ2v) is 7.37. The van der Waals surface area contributed by atoms with E-state index in [0.29, 0.717) is 18.8 Å². The van der Waals surface area contributed by atoms with E-state index < -0.39 is 0 Å². The van der Waals surface area contributed by atoms with Crippen molar-refractivity contribution in [3.63, 3.8) is 0 Å². The zero-order valence-electron chi connectivity index (χ0n) is 16.3. The molecule has 2 aromatic carbocycles. The number of aromatic nitrogens is 2. The summed E-state index contributed by atoms with van der Waals surface area (Å²) in [6.45, 7) is 5.23. The third-order valence-corrected chi connectivity index (χ3v) is 5.40. The number of anilines is 1. The summed E-state index contributed by atoms with van der Waals surface area (Å²) < 4.78 is 18.7. The molecule has 1 N–H and O–H groups in total. The first-order valence-electron chi connectivity index (χ1n) is 9.53. The summed E-state index contributed by atoms with van der Waals surface area (Å²) in [5.41, 5.74) is 5.34. The van der Waals surface area contributed by atoms with Gasteiger partial charge in [-0.2, -0.15) is 5.10 Å². The molecule has 0 unspecified atom stereocenters. The van der Waals surface area contributed by atoms with Crippen LogP contribution in [0.4, 0.5) is 5.69 Å². The minimum Gasteiger partial charge on any atom is -0.454 e. The number of hydrogen-bond acceptors (Lipinski definition) is 5. The van der Waals surface area contributed by atoms with Gasteiger partial charge >= 0.3 is 0 Å². The number of hydrogen-bond donors (Lipinski definition) is 1. The molecular formula is C22H21N3O4. The van der Waals surface area contributed by atoms with Crippen molar-refractivity contribution in [2.24, 2.45) is 0 Å². The topological polar surface area (TPSA) is 74.6 Å². The van der Waals surface area contributed by atoms with Crippen molar-refractivity contribution in [3.05, 3.63) is 70.5 Å². The molecule has 0 saturated heterocycles. The van der Waals surface area contributed by atoms with E-state index in [1.54, 1.807) is 6.07 Å². The van der Waals surface area contributed by atoms with Crippen LogP contribution < -0.4 is 14.8 Å². The molecule has 3 heterocycles. The van der Waals surface area contributed by atoms with Crippen LogP contribution in [0.1, 0.15) is 39.0 Å². The highest BCUT2D eigenvalue weighted by Gasteiger charge is 2.26. The molecule has 1 aromatic heterocycles. The number of rotatable bonds is 3. The maximum atomic E-state index is 12.6. The number of aryl methyl sites for hydroxylation is 2. The van der Waals surface area contributed by atoms with Crippen molar-refractivity contribution < 1.29 is 19.0 Å². The Balaban J connectivity index is 1.32. The van der Waals surface area contributed by atoms with Crippen LogP contribution in [-0.4, -0.2) is 22.5 Å². The normalized spacial score (nSPS) is 17.1. The minimum atomic E-state index is -0.227. The maximum Gasteiger partial charge on any atom is 0.276 e. The van der Waals surface area contributed by atoms with Crippen LogP contribution in [0, 0.1) is 13.8 Å². The fourth-order valence-corrected chi connectivity index (χ4v) is 3.57. The first kappa shape index (κ1) is 17.8. The van der Waals surface area contributed by atoms with Crippen LogP contribution in [0.25, 0.3) is 0 Å². The van der Waals surface area contributed by atoms with E-state index >= 15 is 0 Å².